The Bertz CT molecular complexity index is 294. The number of hydrogen-bond donors (Lipinski definition) is 2. The highest BCUT2D eigenvalue weighted by molar-refractivity contribution is 5.73. The predicted molar refractivity (Wildman–Crippen MR) is 109 cm³/mol. The van der Waals surface area contributed by atoms with Gasteiger partial charge in [0.2, 0.25) is 0 Å². The molecule has 0 saturated heterocycles. The van der Waals surface area contributed by atoms with E-state index in [0.717, 1.165) is 19.4 Å². The molecular weight excluding hydrogens is 310 g/mol. The van der Waals surface area contributed by atoms with Crippen molar-refractivity contribution in [3.05, 3.63) is 0 Å². The van der Waals surface area contributed by atoms with E-state index < -0.39 is 5.97 Å². The molecule has 0 heterocycles. The van der Waals surface area contributed by atoms with E-state index in [1.807, 2.05) is 6.92 Å². The molecule has 0 fully saturated rings. The maximum atomic E-state index is 11.2. The fourth-order valence-corrected chi connectivity index (χ4v) is 3.34. The van der Waals surface area contributed by atoms with Crippen molar-refractivity contribution < 1.29 is 9.90 Å². The molecule has 150 valence electrons. The molecule has 3 heteroatoms. The highest BCUT2D eigenvalue weighted by atomic mass is 16.4. The Morgan fingerprint density at radius 2 is 1.16 bits per heavy atom. The highest BCUT2D eigenvalue weighted by Gasteiger charge is 2.21. The summed E-state index contributed by atoms with van der Waals surface area (Å²) < 4.78 is 0. The molecule has 0 aliphatic carbocycles. The number of hydrogen-bond acceptors (Lipinski definition) is 2. The molecule has 0 aliphatic heterocycles. The van der Waals surface area contributed by atoms with Crippen LogP contribution in [0.15, 0.2) is 0 Å². The SMILES string of the molecule is CCCCCCCCCCCCCCCCNC(C(=O)O)C(C)CC. The van der Waals surface area contributed by atoms with E-state index in [2.05, 4.69) is 19.2 Å². The van der Waals surface area contributed by atoms with Crippen LogP contribution in [0.3, 0.4) is 0 Å². The second-order valence-electron chi connectivity index (χ2n) is 7.75. The Balaban J connectivity index is 3.29. The Morgan fingerprint density at radius 1 is 0.760 bits per heavy atom. The van der Waals surface area contributed by atoms with Gasteiger partial charge in [0, 0.05) is 0 Å². The number of carbonyl (C=O) groups is 1. The molecule has 0 amide bonds. The van der Waals surface area contributed by atoms with Gasteiger partial charge in [0.25, 0.3) is 0 Å². The number of carboxylic acids is 1. The fourth-order valence-electron chi connectivity index (χ4n) is 3.34. The summed E-state index contributed by atoms with van der Waals surface area (Å²) >= 11 is 0. The monoisotopic (exact) mass is 355 g/mol. The van der Waals surface area contributed by atoms with Gasteiger partial charge in [0.15, 0.2) is 0 Å². The average molecular weight is 356 g/mol. The van der Waals surface area contributed by atoms with Crippen LogP contribution in [0.4, 0.5) is 0 Å². The van der Waals surface area contributed by atoms with Gasteiger partial charge in [-0.25, -0.2) is 0 Å². The van der Waals surface area contributed by atoms with Crippen molar-refractivity contribution >= 4 is 5.97 Å². The van der Waals surface area contributed by atoms with E-state index in [1.165, 1.54) is 83.5 Å². The van der Waals surface area contributed by atoms with Crippen LogP contribution in [-0.4, -0.2) is 23.7 Å². The lowest BCUT2D eigenvalue weighted by molar-refractivity contribution is -0.140. The van der Waals surface area contributed by atoms with E-state index in [9.17, 15) is 9.90 Å². The van der Waals surface area contributed by atoms with Gasteiger partial charge in [0.1, 0.15) is 6.04 Å². The summed E-state index contributed by atoms with van der Waals surface area (Å²) in [6.45, 7) is 7.17. The second kappa shape index (κ2) is 18.2. The van der Waals surface area contributed by atoms with Crippen molar-refractivity contribution in [1.29, 1.82) is 0 Å². The minimum atomic E-state index is -0.709. The number of rotatable bonds is 19. The molecule has 0 rings (SSSR count). The highest BCUT2D eigenvalue weighted by Crippen LogP contribution is 2.13. The van der Waals surface area contributed by atoms with Crippen molar-refractivity contribution in [2.24, 2.45) is 5.92 Å². The van der Waals surface area contributed by atoms with E-state index in [-0.39, 0.29) is 12.0 Å². The summed E-state index contributed by atoms with van der Waals surface area (Å²) in [5.74, 6) is -0.510. The summed E-state index contributed by atoms with van der Waals surface area (Å²) in [5.41, 5.74) is 0. The number of unbranched alkanes of at least 4 members (excludes halogenated alkanes) is 13. The van der Waals surface area contributed by atoms with Gasteiger partial charge in [-0.05, 0) is 18.9 Å². The lowest BCUT2D eigenvalue weighted by atomic mass is 9.99. The van der Waals surface area contributed by atoms with Crippen molar-refractivity contribution in [2.45, 2.75) is 123 Å². The molecule has 2 unspecified atom stereocenters. The Morgan fingerprint density at radius 3 is 1.52 bits per heavy atom. The van der Waals surface area contributed by atoms with Crippen molar-refractivity contribution in [1.82, 2.24) is 5.32 Å². The van der Waals surface area contributed by atoms with Gasteiger partial charge in [-0.3, -0.25) is 4.79 Å². The molecule has 0 aliphatic rings. The third-order valence-electron chi connectivity index (χ3n) is 5.37. The van der Waals surface area contributed by atoms with Crippen LogP contribution in [0.1, 0.15) is 117 Å². The molecule has 3 nitrogen and oxygen atoms in total. The maximum Gasteiger partial charge on any atom is 0.320 e. The molecule has 2 N–H and O–H groups in total. The summed E-state index contributed by atoms with van der Waals surface area (Å²) in [5, 5.41) is 12.4. The zero-order chi connectivity index (χ0) is 18.8. The van der Waals surface area contributed by atoms with Crippen LogP contribution in [0.2, 0.25) is 0 Å². The normalized spacial score (nSPS) is 13.7. The number of carboxylic acid groups (broad SMARTS) is 1. The van der Waals surface area contributed by atoms with Crippen molar-refractivity contribution in [3.8, 4) is 0 Å². The molecular formula is C22H45NO2. The lowest BCUT2D eigenvalue weighted by Crippen LogP contribution is -2.42. The van der Waals surface area contributed by atoms with Crippen LogP contribution in [0.25, 0.3) is 0 Å². The van der Waals surface area contributed by atoms with Crippen LogP contribution in [0, 0.1) is 5.92 Å². The van der Waals surface area contributed by atoms with Gasteiger partial charge in [-0.2, -0.15) is 0 Å². The molecule has 0 spiro atoms. The first-order valence-corrected chi connectivity index (χ1v) is 11.1. The second-order valence-corrected chi connectivity index (χ2v) is 7.75. The summed E-state index contributed by atoms with van der Waals surface area (Å²) in [7, 11) is 0. The molecule has 2 atom stereocenters. The fraction of sp³-hybridized carbons (Fsp3) is 0.955. The lowest BCUT2D eigenvalue weighted by Gasteiger charge is -2.20. The van der Waals surface area contributed by atoms with E-state index in [1.54, 1.807) is 0 Å². The first kappa shape index (κ1) is 24.4. The van der Waals surface area contributed by atoms with E-state index in [0.29, 0.717) is 0 Å². The number of aliphatic carboxylic acids is 1. The first-order valence-electron chi connectivity index (χ1n) is 11.1. The molecule has 0 bridgehead atoms. The van der Waals surface area contributed by atoms with Gasteiger partial charge in [0.05, 0.1) is 0 Å². The Labute approximate surface area is 157 Å². The molecule has 0 aromatic heterocycles. The molecule has 25 heavy (non-hydrogen) atoms. The zero-order valence-corrected chi connectivity index (χ0v) is 17.3. The third-order valence-corrected chi connectivity index (χ3v) is 5.37. The van der Waals surface area contributed by atoms with Crippen LogP contribution in [-0.2, 0) is 4.79 Å². The summed E-state index contributed by atoms with van der Waals surface area (Å²) in [4.78, 5) is 11.2. The Kier molecular flexibility index (Phi) is 17.8. The molecule has 0 radical (unpaired) electrons. The third kappa shape index (κ3) is 15.4. The van der Waals surface area contributed by atoms with Crippen LogP contribution >= 0.6 is 0 Å². The maximum absolute atomic E-state index is 11.2. The van der Waals surface area contributed by atoms with Gasteiger partial charge in [-0.1, -0.05) is 111 Å². The van der Waals surface area contributed by atoms with Crippen molar-refractivity contribution in [2.75, 3.05) is 6.54 Å². The van der Waals surface area contributed by atoms with Gasteiger partial charge < -0.3 is 10.4 Å². The minimum absolute atomic E-state index is 0.198. The van der Waals surface area contributed by atoms with Crippen LogP contribution in [0.5, 0.6) is 0 Å². The van der Waals surface area contributed by atoms with Gasteiger partial charge in [-0.15, -0.1) is 0 Å². The Hall–Kier alpha value is -0.570. The van der Waals surface area contributed by atoms with E-state index in [4.69, 9.17) is 0 Å². The smallest absolute Gasteiger partial charge is 0.320 e. The molecule has 0 aromatic rings. The zero-order valence-electron chi connectivity index (χ0n) is 17.3. The van der Waals surface area contributed by atoms with Crippen LogP contribution < -0.4 is 5.32 Å². The summed E-state index contributed by atoms with van der Waals surface area (Å²) in [6.07, 6.45) is 19.9. The van der Waals surface area contributed by atoms with E-state index >= 15 is 0 Å². The summed E-state index contributed by atoms with van der Waals surface area (Å²) in [6, 6.07) is -0.382. The largest absolute Gasteiger partial charge is 0.480 e. The minimum Gasteiger partial charge on any atom is -0.480 e. The quantitative estimate of drug-likeness (QED) is 0.258. The van der Waals surface area contributed by atoms with Crippen molar-refractivity contribution in [3.63, 3.8) is 0 Å². The molecule has 0 aromatic carbocycles. The number of nitrogens with one attached hydrogen (secondary N) is 1. The first-order chi connectivity index (χ1) is 12.1. The standard InChI is InChI=1S/C22H45NO2/c1-4-6-7-8-9-10-11-12-13-14-15-16-17-18-19-23-21(22(24)25)20(3)5-2/h20-21,23H,4-19H2,1-3H3,(H,24,25). The topological polar surface area (TPSA) is 49.3 Å². The molecule has 0 saturated carbocycles. The van der Waals surface area contributed by atoms with Gasteiger partial charge >= 0.3 is 5.97 Å². The predicted octanol–water partition coefficient (Wildman–Crippen LogP) is 6.56. The average Bonchev–Trinajstić information content (AvgIpc) is 2.60.